The molecule has 0 unspecified atom stereocenters. The molecule has 0 fully saturated rings. The van der Waals surface area contributed by atoms with Gasteiger partial charge in [0.1, 0.15) is 0 Å². The molecule has 0 aromatic heterocycles. The Kier molecular flexibility index (Phi) is 5.08. The summed E-state index contributed by atoms with van der Waals surface area (Å²) in [6.45, 7) is 3.67. The third-order valence-corrected chi connectivity index (χ3v) is 2.18. The number of hydrogen-bond donors (Lipinski definition) is 0. The molecule has 1 aromatic rings. The summed E-state index contributed by atoms with van der Waals surface area (Å²) in [4.78, 5) is 10.8. The third-order valence-electron chi connectivity index (χ3n) is 1.72. The number of hydrogen-bond acceptors (Lipinski definition) is 1. The fourth-order valence-electron chi connectivity index (χ4n) is 1.27. The summed E-state index contributed by atoms with van der Waals surface area (Å²) in [5.74, 6) is -0.613. The van der Waals surface area contributed by atoms with Crippen molar-refractivity contribution >= 4 is 21.8 Å². The molecule has 1 amide bonds. The molecule has 0 heterocycles. The molecule has 1 rings (SSSR count). The number of nitrogens with one attached hydrogen (secondary N) is 1. The Balaban J connectivity index is 0.00000144. The molecule has 1 aromatic carbocycles. The minimum Gasteiger partial charge on any atom is -0.664 e. The van der Waals surface area contributed by atoms with E-state index in [9.17, 15) is 4.79 Å². The smallest absolute Gasteiger partial charge is 0.0801 e. The van der Waals surface area contributed by atoms with Gasteiger partial charge in [-0.05, 0) is 37.1 Å². The van der Waals surface area contributed by atoms with E-state index >= 15 is 0 Å². The maximum atomic E-state index is 10.8. The molecule has 0 radical (unpaired) electrons. The molecule has 4 heteroatoms. The first kappa shape index (κ1) is 13.1. The summed E-state index contributed by atoms with van der Waals surface area (Å²) >= 11 is 3.32. The molecule has 0 bridgehead atoms. The maximum absolute atomic E-state index is 10.8. The van der Waals surface area contributed by atoms with Gasteiger partial charge in [0.15, 0.2) is 0 Å². The molecular formula is C9H9BrNOZr-. The average molecular weight is 318 g/mol. The van der Waals surface area contributed by atoms with Crippen molar-refractivity contribution in [3.8, 4) is 0 Å². The van der Waals surface area contributed by atoms with E-state index < -0.39 is 5.91 Å². The summed E-state index contributed by atoms with van der Waals surface area (Å²) in [6, 6.07) is 3.68. The van der Waals surface area contributed by atoms with Crippen molar-refractivity contribution in [3.05, 3.63) is 39.0 Å². The largest absolute Gasteiger partial charge is 0.664 e. The van der Waals surface area contributed by atoms with Crippen LogP contribution < -0.4 is 0 Å². The van der Waals surface area contributed by atoms with Gasteiger partial charge < -0.3 is 10.5 Å². The molecular weight excluding hydrogens is 309 g/mol. The molecule has 68 valence electrons. The molecule has 0 spiro atoms. The minimum absolute atomic E-state index is 0. The van der Waals surface area contributed by atoms with Gasteiger partial charge in [-0.1, -0.05) is 15.9 Å². The quantitative estimate of drug-likeness (QED) is 0.783. The number of halogens is 1. The Morgan fingerprint density at radius 1 is 1.31 bits per heavy atom. The van der Waals surface area contributed by atoms with Crippen LogP contribution in [0.3, 0.4) is 0 Å². The van der Waals surface area contributed by atoms with Crippen LogP contribution in [0.25, 0.3) is 5.73 Å². The van der Waals surface area contributed by atoms with Gasteiger partial charge in [0.2, 0.25) is 0 Å². The Labute approximate surface area is 105 Å². The normalized spacial score (nSPS) is 9.15. The van der Waals surface area contributed by atoms with Gasteiger partial charge in [0, 0.05) is 36.2 Å². The zero-order chi connectivity index (χ0) is 9.30. The summed E-state index contributed by atoms with van der Waals surface area (Å²) in [6.07, 6.45) is 0. The predicted molar refractivity (Wildman–Crippen MR) is 52.3 cm³/mol. The Hall–Kier alpha value is 0.0531. The van der Waals surface area contributed by atoms with Crippen LogP contribution in [-0.4, -0.2) is 5.91 Å². The van der Waals surface area contributed by atoms with Crippen molar-refractivity contribution in [1.29, 1.82) is 0 Å². The fraction of sp³-hybridized carbons (Fsp3) is 0.222. The molecule has 0 saturated carbocycles. The fourth-order valence-corrected chi connectivity index (χ4v) is 1.96. The van der Waals surface area contributed by atoms with Gasteiger partial charge in [0.05, 0.1) is 5.91 Å². The van der Waals surface area contributed by atoms with Gasteiger partial charge in [-0.3, -0.25) is 0 Å². The zero-order valence-corrected chi connectivity index (χ0v) is 11.5. The van der Waals surface area contributed by atoms with Gasteiger partial charge in [-0.2, -0.15) is 0 Å². The third kappa shape index (κ3) is 3.03. The van der Waals surface area contributed by atoms with E-state index in [0.717, 1.165) is 15.6 Å². The molecule has 1 N–H and O–H groups in total. The molecule has 13 heavy (non-hydrogen) atoms. The minimum atomic E-state index is -0.613. The van der Waals surface area contributed by atoms with Crippen molar-refractivity contribution in [3.63, 3.8) is 0 Å². The van der Waals surface area contributed by atoms with Gasteiger partial charge in [-0.25, -0.2) is 0 Å². The number of carbonyl (C=O) groups is 1. The van der Waals surface area contributed by atoms with E-state index in [-0.39, 0.29) is 26.2 Å². The van der Waals surface area contributed by atoms with Crippen LogP contribution >= 0.6 is 15.9 Å². The Bertz CT molecular complexity index is 315. The van der Waals surface area contributed by atoms with Crippen LogP contribution in [0, 0.1) is 13.8 Å². The second-order valence-corrected chi connectivity index (χ2v) is 3.66. The summed E-state index contributed by atoms with van der Waals surface area (Å²) < 4.78 is 0.947. The maximum Gasteiger partial charge on any atom is 0.0801 e. The molecule has 0 aliphatic heterocycles. The first-order valence-corrected chi connectivity index (χ1v) is 4.34. The molecule has 0 atom stereocenters. The number of rotatable bonds is 1. The van der Waals surface area contributed by atoms with Crippen molar-refractivity contribution in [2.75, 3.05) is 0 Å². The van der Waals surface area contributed by atoms with E-state index in [0.29, 0.717) is 5.56 Å². The van der Waals surface area contributed by atoms with Gasteiger partial charge in [-0.15, -0.1) is 0 Å². The summed E-state index contributed by atoms with van der Waals surface area (Å²) in [7, 11) is 0. The number of aryl methyl sites for hydroxylation is 2. The van der Waals surface area contributed by atoms with E-state index in [1.165, 1.54) is 0 Å². The van der Waals surface area contributed by atoms with E-state index in [2.05, 4.69) is 15.9 Å². The van der Waals surface area contributed by atoms with Crippen molar-refractivity contribution in [2.45, 2.75) is 13.8 Å². The van der Waals surface area contributed by atoms with Gasteiger partial charge >= 0.3 is 0 Å². The van der Waals surface area contributed by atoms with E-state index in [1.807, 2.05) is 26.0 Å². The van der Waals surface area contributed by atoms with Crippen LogP contribution in [-0.2, 0) is 26.2 Å². The Morgan fingerprint density at radius 3 is 2.00 bits per heavy atom. The second-order valence-electron chi connectivity index (χ2n) is 2.74. The number of amides is 1. The van der Waals surface area contributed by atoms with Crippen LogP contribution in [0.5, 0.6) is 0 Å². The summed E-state index contributed by atoms with van der Waals surface area (Å²) in [5.41, 5.74) is 9.23. The zero-order valence-electron chi connectivity index (χ0n) is 7.44. The molecule has 2 nitrogen and oxygen atoms in total. The summed E-state index contributed by atoms with van der Waals surface area (Å²) in [5, 5.41) is 0. The monoisotopic (exact) mass is 316 g/mol. The SMILES string of the molecule is Cc1cc(Br)cc(C)c1C([NH-])=O.[Zr]. The predicted octanol–water partition coefficient (Wildman–Crippen LogP) is 3.26. The van der Waals surface area contributed by atoms with E-state index in [4.69, 9.17) is 5.73 Å². The van der Waals surface area contributed by atoms with Gasteiger partial charge in [0.25, 0.3) is 0 Å². The van der Waals surface area contributed by atoms with Crippen LogP contribution in [0.15, 0.2) is 16.6 Å². The van der Waals surface area contributed by atoms with Crippen molar-refractivity contribution in [2.24, 2.45) is 0 Å². The number of carbonyl (C=O) groups excluding carboxylic acids is 1. The Morgan fingerprint density at radius 2 is 1.69 bits per heavy atom. The standard InChI is InChI=1S/C9H10BrNO.Zr/c1-5-3-7(10)4-6(2)8(5)9(11)12;/h3-4H,1-2H3,(H2,11,12);/p-1. The average Bonchev–Trinajstić information content (AvgIpc) is 1.82. The van der Waals surface area contributed by atoms with Crippen LogP contribution in [0.1, 0.15) is 21.5 Å². The first-order valence-electron chi connectivity index (χ1n) is 3.55. The topological polar surface area (TPSA) is 40.9 Å². The molecule has 0 aliphatic carbocycles. The van der Waals surface area contributed by atoms with Crippen molar-refractivity contribution in [1.82, 2.24) is 0 Å². The first-order chi connectivity index (χ1) is 5.52. The van der Waals surface area contributed by atoms with E-state index in [1.54, 1.807) is 0 Å². The number of benzene rings is 1. The van der Waals surface area contributed by atoms with Crippen LogP contribution in [0.4, 0.5) is 0 Å². The molecule has 0 aliphatic rings. The molecule has 0 saturated heterocycles. The van der Waals surface area contributed by atoms with Crippen molar-refractivity contribution < 1.29 is 31.0 Å². The second kappa shape index (κ2) is 5.06. The van der Waals surface area contributed by atoms with Crippen LogP contribution in [0.2, 0.25) is 0 Å².